The minimum Gasteiger partial charge on any atom is -0.371 e. The number of fused-ring (bicyclic) bond motifs is 1. The molecule has 1 N–H and O–H groups in total. The molecule has 0 amide bonds. The van der Waals surface area contributed by atoms with E-state index in [9.17, 15) is 0 Å². The quantitative estimate of drug-likeness (QED) is 0.912. The molecule has 1 aliphatic heterocycles. The summed E-state index contributed by atoms with van der Waals surface area (Å²) in [7, 11) is 2.06. The summed E-state index contributed by atoms with van der Waals surface area (Å²) in [4.78, 5) is 2.52. The Morgan fingerprint density at radius 1 is 1.05 bits per heavy atom. The van der Waals surface area contributed by atoms with Crippen LogP contribution in [0, 0.1) is 0 Å². The maximum absolute atomic E-state index is 3.43. The van der Waals surface area contributed by atoms with E-state index in [0.717, 1.165) is 19.5 Å². The molecule has 20 heavy (non-hydrogen) atoms. The minimum absolute atomic E-state index is 0.499. The van der Waals surface area contributed by atoms with E-state index in [0.29, 0.717) is 6.04 Å². The summed E-state index contributed by atoms with van der Waals surface area (Å²) >= 11 is 0. The van der Waals surface area contributed by atoms with Gasteiger partial charge in [-0.25, -0.2) is 0 Å². The fourth-order valence-corrected chi connectivity index (χ4v) is 3.07. The molecule has 1 aliphatic rings. The van der Waals surface area contributed by atoms with Crippen LogP contribution < -0.4 is 10.2 Å². The second kappa shape index (κ2) is 6.10. The first kappa shape index (κ1) is 13.2. The van der Waals surface area contributed by atoms with Crippen molar-refractivity contribution in [1.29, 1.82) is 0 Å². The average Bonchev–Trinajstić information content (AvgIpc) is 2.53. The number of anilines is 1. The molecule has 3 rings (SSSR count). The van der Waals surface area contributed by atoms with Gasteiger partial charge in [0.25, 0.3) is 0 Å². The fourth-order valence-electron chi connectivity index (χ4n) is 3.07. The Morgan fingerprint density at radius 2 is 1.80 bits per heavy atom. The first-order valence-corrected chi connectivity index (χ1v) is 7.43. The first-order valence-electron chi connectivity index (χ1n) is 7.43. The van der Waals surface area contributed by atoms with Crippen LogP contribution in [-0.4, -0.2) is 20.1 Å². The van der Waals surface area contributed by atoms with Gasteiger partial charge < -0.3 is 10.2 Å². The number of para-hydroxylation sites is 1. The van der Waals surface area contributed by atoms with Gasteiger partial charge in [-0.15, -0.1) is 0 Å². The first-order chi connectivity index (χ1) is 9.88. The Kier molecular flexibility index (Phi) is 4.03. The van der Waals surface area contributed by atoms with Crippen molar-refractivity contribution in [3.63, 3.8) is 0 Å². The Bertz CT molecular complexity index is 550. The molecule has 0 saturated heterocycles. The average molecular weight is 266 g/mol. The van der Waals surface area contributed by atoms with E-state index in [2.05, 4.69) is 71.9 Å². The van der Waals surface area contributed by atoms with Crippen molar-refractivity contribution < 1.29 is 0 Å². The van der Waals surface area contributed by atoms with Crippen LogP contribution in [0.5, 0.6) is 0 Å². The molecule has 104 valence electrons. The summed E-state index contributed by atoms with van der Waals surface area (Å²) in [5.74, 6) is 0. The molecule has 1 unspecified atom stereocenters. The molecular formula is C18H22N2. The zero-order chi connectivity index (χ0) is 13.8. The second-order valence-corrected chi connectivity index (χ2v) is 5.41. The maximum atomic E-state index is 3.43. The van der Waals surface area contributed by atoms with Gasteiger partial charge in [0, 0.05) is 24.8 Å². The Morgan fingerprint density at radius 3 is 2.60 bits per heavy atom. The molecule has 0 aliphatic carbocycles. The lowest BCUT2D eigenvalue weighted by Gasteiger charge is -2.35. The highest BCUT2D eigenvalue weighted by molar-refractivity contribution is 5.57. The maximum Gasteiger partial charge on any atom is 0.0414 e. The third kappa shape index (κ3) is 2.70. The lowest BCUT2D eigenvalue weighted by molar-refractivity contribution is 0.517. The van der Waals surface area contributed by atoms with E-state index in [-0.39, 0.29) is 0 Å². The van der Waals surface area contributed by atoms with Crippen LogP contribution in [0.1, 0.15) is 23.6 Å². The number of rotatable bonds is 4. The van der Waals surface area contributed by atoms with Gasteiger partial charge in [-0.1, -0.05) is 48.5 Å². The zero-order valence-corrected chi connectivity index (χ0v) is 12.0. The monoisotopic (exact) mass is 266 g/mol. The van der Waals surface area contributed by atoms with Crippen molar-refractivity contribution in [1.82, 2.24) is 5.32 Å². The number of nitrogens with one attached hydrogen (secondary N) is 1. The smallest absolute Gasteiger partial charge is 0.0414 e. The van der Waals surface area contributed by atoms with Crippen LogP contribution in [0.3, 0.4) is 0 Å². The third-order valence-electron chi connectivity index (χ3n) is 4.20. The van der Waals surface area contributed by atoms with Crippen molar-refractivity contribution >= 4 is 5.69 Å². The van der Waals surface area contributed by atoms with Crippen LogP contribution in [-0.2, 0) is 6.42 Å². The Hall–Kier alpha value is -1.80. The van der Waals surface area contributed by atoms with E-state index in [1.807, 2.05) is 0 Å². The number of nitrogens with zero attached hydrogens (tertiary/aromatic N) is 1. The van der Waals surface area contributed by atoms with Crippen LogP contribution in [0.15, 0.2) is 54.6 Å². The van der Waals surface area contributed by atoms with Gasteiger partial charge in [0.1, 0.15) is 0 Å². The van der Waals surface area contributed by atoms with Gasteiger partial charge in [0.2, 0.25) is 0 Å². The Balaban J connectivity index is 1.75. The molecule has 0 aromatic heterocycles. The van der Waals surface area contributed by atoms with Crippen molar-refractivity contribution in [3.8, 4) is 0 Å². The topological polar surface area (TPSA) is 15.3 Å². The molecule has 0 bridgehead atoms. The summed E-state index contributed by atoms with van der Waals surface area (Å²) in [6, 6.07) is 20.0. The van der Waals surface area contributed by atoms with Crippen molar-refractivity contribution in [2.45, 2.75) is 18.9 Å². The summed E-state index contributed by atoms with van der Waals surface area (Å²) in [5, 5.41) is 3.43. The van der Waals surface area contributed by atoms with E-state index in [1.54, 1.807) is 0 Å². The highest BCUT2D eigenvalue weighted by Gasteiger charge is 2.22. The Labute approximate surface area is 121 Å². The number of hydrogen-bond acceptors (Lipinski definition) is 2. The summed E-state index contributed by atoms with van der Waals surface area (Å²) in [6.45, 7) is 2.23. The van der Waals surface area contributed by atoms with Gasteiger partial charge in [0.05, 0.1) is 0 Å². The standard InChI is InChI=1S/C18H22N2/c1-19-17-12-14-20(18-10-6-5-9-16(17)18)13-11-15-7-3-2-4-8-15/h2-10,17,19H,11-14H2,1H3. The summed E-state index contributed by atoms with van der Waals surface area (Å²) in [5.41, 5.74) is 4.25. The zero-order valence-electron chi connectivity index (χ0n) is 12.0. The molecular weight excluding hydrogens is 244 g/mol. The number of hydrogen-bond donors (Lipinski definition) is 1. The van der Waals surface area contributed by atoms with Gasteiger partial charge in [-0.3, -0.25) is 0 Å². The molecule has 0 fully saturated rings. The lowest BCUT2D eigenvalue weighted by atomic mass is 9.96. The highest BCUT2D eigenvalue weighted by atomic mass is 15.1. The van der Waals surface area contributed by atoms with Crippen LogP contribution in [0.2, 0.25) is 0 Å². The predicted octanol–water partition coefficient (Wildman–Crippen LogP) is 3.40. The fraction of sp³-hybridized carbons (Fsp3) is 0.333. The van der Waals surface area contributed by atoms with E-state index >= 15 is 0 Å². The van der Waals surface area contributed by atoms with Gasteiger partial charge >= 0.3 is 0 Å². The molecule has 0 radical (unpaired) electrons. The van der Waals surface area contributed by atoms with Crippen LogP contribution in [0.25, 0.3) is 0 Å². The SMILES string of the molecule is CNC1CCN(CCc2ccccc2)c2ccccc21. The van der Waals surface area contributed by atoms with Gasteiger partial charge in [-0.05, 0) is 37.1 Å². The van der Waals surface area contributed by atoms with E-state index in [4.69, 9.17) is 0 Å². The highest BCUT2D eigenvalue weighted by Crippen LogP contribution is 2.33. The third-order valence-corrected chi connectivity index (χ3v) is 4.20. The van der Waals surface area contributed by atoms with Crippen LogP contribution in [0.4, 0.5) is 5.69 Å². The van der Waals surface area contributed by atoms with Gasteiger partial charge in [0.15, 0.2) is 0 Å². The van der Waals surface area contributed by atoms with Crippen molar-refractivity contribution in [2.75, 3.05) is 25.0 Å². The predicted molar refractivity (Wildman–Crippen MR) is 85.2 cm³/mol. The molecule has 2 aromatic carbocycles. The lowest BCUT2D eigenvalue weighted by Crippen LogP contribution is -2.36. The molecule has 0 saturated carbocycles. The second-order valence-electron chi connectivity index (χ2n) is 5.41. The largest absolute Gasteiger partial charge is 0.371 e. The summed E-state index contributed by atoms with van der Waals surface area (Å²) < 4.78 is 0. The number of benzene rings is 2. The molecule has 1 heterocycles. The van der Waals surface area contributed by atoms with Crippen molar-refractivity contribution in [3.05, 3.63) is 65.7 Å². The molecule has 1 atom stereocenters. The van der Waals surface area contributed by atoms with E-state index < -0.39 is 0 Å². The summed E-state index contributed by atoms with van der Waals surface area (Å²) in [6.07, 6.45) is 2.29. The van der Waals surface area contributed by atoms with Crippen molar-refractivity contribution in [2.24, 2.45) is 0 Å². The molecule has 2 nitrogen and oxygen atoms in total. The molecule has 2 heteroatoms. The normalized spacial score (nSPS) is 17.9. The minimum atomic E-state index is 0.499. The van der Waals surface area contributed by atoms with E-state index in [1.165, 1.54) is 23.2 Å². The molecule has 0 spiro atoms. The molecule has 2 aromatic rings. The van der Waals surface area contributed by atoms with Gasteiger partial charge in [-0.2, -0.15) is 0 Å². The van der Waals surface area contributed by atoms with Crippen LogP contribution >= 0.6 is 0 Å².